The second-order valence-electron chi connectivity index (χ2n) is 10.1. The molecule has 2 aliphatic carbocycles. The van der Waals surface area contributed by atoms with E-state index in [1.807, 2.05) is 6.07 Å². The number of halogens is 3. The van der Waals surface area contributed by atoms with Crippen molar-refractivity contribution in [3.63, 3.8) is 0 Å². The minimum atomic E-state index is -4.48. The van der Waals surface area contributed by atoms with Crippen molar-refractivity contribution in [1.82, 2.24) is 19.5 Å². The van der Waals surface area contributed by atoms with Crippen LogP contribution in [-0.2, 0) is 32.6 Å². The SMILES string of the molecule is CN(Cc1ccc(-c2nc(C(F)(F)F)cn2C)nc1)c1cc(-c2ccccc2C2CC2)nc2c1CCC2. The van der Waals surface area contributed by atoms with Gasteiger partial charge in [0, 0.05) is 50.0 Å². The summed E-state index contributed by atoms with van der Waals surface area (Å²) >= 11 is 0. The van der Waals surface area contributed by atoms with Gasteiger partial charge in [0.2, 0.25) is 0 Å². The Morgan fingerprint density at radius 2 is 1.84 bits per heavy atom. The fourth-order valence-corrected chi connectivity index (χ4v) is 5.33. The van der Waals surface area contributed by atoms with Crippen LogP contribution in [-0.4, -0.2) is 26.6 Å². The minimum absolute atomic E-state index is 0.193. The lowest BCUT2D eigenvalue weighted by molar-refractivity contribution is -0.140. The van der Waals surface area contributed by atoms with E-state index in [0.29, 0.717) is 18.2 Å². The first-order valence-electron chi connectivity index (χ1n) is 12.7. The molecule has 1 fully saturated rings. The van der Waals surface area contributed by atoms with Gasteiger partial charge >= 0.3 is 6.18 Å². The van der Waals surface area contributed by atoms with E-state index in [-0.39, 0.29) is 5.82 Å². The van der Waals surface area contributed by atoms with Crippen LogP contribution in [0, 0.1) is 0 Å². The molecule has 1 saturated carbocycles. The number of pyridine rings is 2. The third kappa shape index (κ3) is 4.61. The van der Waals surface area contributed by atoms with Crippen LogP contribution in [0.2, 0.25) is 0 Å². The normalized spacial score (nSPS) is 15.2. The van der Waals surface area contributed by atoms with Crippen molar-refractivity contribution >= 4 is 5.69 Å². The molecular weight excluding hydrogens is 475 g/mol. The molecule has 0 unspecified atom stereocenters. The lowest BCUT2D eigenvalue weighted by Crippen LogP contribution is -2.19. The molecule has 2 aliphatic rings. The van der Waals surface area contributed by atoms with Crippen LogP contribution in [0.15, 0.2) is 54.9 Å². The lowest BCUT2D eigenvalue weighted by atomic mass is 9.98. The Morgan fingerprint density at radius 1 is 1.03 bits per heavy atom. The fraction of sp³-hybridized carbons (Fsp3) is 0.345. The Kier molecular flexibility index (Phi) is 5.77. The molecule has 1 aromatic carbocycles. The van der Waals surface area contributed by atoms with E-state index in [1.54, 1.807) is 19.3 Å². The van der Waals surface area contributed by atoms with Crippen molar-refractivity contribution in [2.45, 2.75) is 50.7 Å². The van der Waals surface area contributed by atoms with Gasteiger partial charge in [-0.3, -0.25) is 9.97 Å². The van der Waals surface area contributed by atoms with Gasteiger partial charge in [-0.05, 0) is 66.8 Å². The molecule has 190 valence electrons. The molecule has 5 nitrogen and oxygen atoms in total. The van der Waals surface area contributed by atoms with Crippen LogP contribution < -0.4 is 4.90 Å². The number of imidazole rings is 1. The van der Waals surface area contributed by atoms with Gasteiger partial charge in [-0.15, -0.1) is 0 Å². The Bertz CT molecular complexity index is 1450. The summed E-state index contributed by atoms with van der Waals surface area (Å²) in [6.45, 7) is 0.627. The second-order valence-corrected chi connectivity index (χ2v) is 10.1. The summed E-state index contributed by atoms with van der Waals surface area (Å²) in [5.41, 5.74) is 7.81. The van der Waals surface area contributed by atoms with Crippen LogP contribution >= 0.6 is 0 Å². The zero-order chi connectivity index (χ0) is 25.7. The standard InChI is InChI=1S/C29H28F3N5/c1-36(16-18-10-13-24(33-15-18)28-35-27(17-37(28)2)29(30,31)32)26-14-25(34-23-9-5-8-22(23)26)21-7-4-3-6-20(21)19-11-12-19/h3-4,6-7,10,13-15,17,19H,5,8-9,11-12,16H2,1-2H3. The highest BCUT2D eigenvalue weighted by atomic mass is 19.4. The summed E-state index contributed by atoms with van der Waals surface area (Å²) in [6, 6.07) is 14.5. The first-order chi connectivity index (χ1) is 17.8. The van der Waals surface area contributed by atoms with Crippen molar-refractivity contribution in [3.05, 3.63) is 82.9 Å². The van der Waals surface area contributed by atoms with Gasteiger partial charge < -0.3 is 9.47 Å². The van der Waals surface area contributed by atoms with E-state index >= 15 is 0 Å². The van der Waals surface area contributed by atoms with Gasteiger partial charge in [0.1, 0.15) is 5.69 Å². The zero-order valence-corrected chi connectivity index (χ0v) is 20.9. The van der Waals surface area contributed by atoms with E-state index in [9.17, 15) is 13.2 Å². The highest BCUT2D eigenvalue weighted by molar-refractivity contribution is 5.72. The summed E-state index contributed by atoms with van der Waals surface area (Å²) in [6.07, 6.45) is 3.83. The molecule has 0 spiro atoms. The smallest absolute Gasteiger partial charge is 0.370 e. The first kappa shape index (κ1) is 23.7. The van der Waals surface area contributed by atoms with E-state index in [2.05, 4.69) is 52.2 Å². The number of hydrogen-bond donors (Lipinski definition) is 0. The first-order valence-corrected chi connectivity index (χ1v) is 12.7. The Hall–Kier alpha value is -3.68. The maximum absolute atomic E-state index is 13.1. The average molecular weight is 504 g/mol. The van der Waals surface area contributed by atoms with Crippen molar-refractivity contribution in [1.29, 1.82) is 0 Å². The van der Waals surface area contributed by atoms with Crippen LogP contribution in [0.1, 0.15) is 53.3 Å². The van der Waals surface area contributed by atoms with Gasteiger partial charge in [-0.25, -0.2) is 4.98 Å². The third-order valence-corrected chi connectivity index (χ3v) is 7.33. The zero-order valence-electron chi connectivity index (χ0n) is 20.9. The Balaban J connectivity index is 1.27. The molecule has 0 radical (unpaired) electrons. The molecule has 3 aromatic heterocycles. The van der Waals surface area contributed by atoms with Crippen molar-refractivity contribution in [2.75, 3.05) is 11.9 Å². The largest absolute Gasteiger partial charge is 0.434 e. The highest BCUT2D eigenvalue weighted by Crippen LogP contribution is 2.45. The molecule has 0 N–H and O–H groups in total. The maximum atomic E-state index is 13.1. The molecule has 0 bridgehead atoms. The molecule has 0 saturated heterocycles. The second kappa shape index (κ2) is 9.01. The van der Waals surface area contributed by atoms with Crippen LogP contribution in [0.5, 0.6) is 0 Å². The Morgan fingerprint density at radius 3 is 2.54 bits per heavy atom. The van der Waals surface area contributed by atoms with Crippen LogP contribution in [0.4, 0.5) is 18.9 Å². The number of aryl methyl sites for hydroxylation is 2. The number of hydrogen-bond acceptors (Lipinski definition) is 4. The Labute approximate surface area is 214 Å². The molecular formula is C29H28F3N5. The van der Waals surface area contributed by atoms with Crippen molar-refractivity contribution < 1.29 is 13.2 Å². The summed E-state index contributed by atoms with van der Waals surface area (Å²) in [7, 11) is 3.62. The molecule has 0 aliphatic heterocycles. The molecule has 3 heterocycles. The number of nitrogens with zero attached hydrogens (tertiary/aromatic N) is 5. The number of rotatable bonds is 6. The van der Waals surface area contributed by atoms with Crippen LogP contribution in [0.25, 0.3) is 22.8 Å². The summed E-state index contributed by atoms with van der Waals surface area (Å²) < 4.78 is 40.5. The van der Waals surface area contributed by atoms with Gasteiger partial charge in [0.05, 0.1) is 5.69 Å². The number of alkyl halides is 3. The van der Waals surface area contributed by atoms with Crippen LogP contribution in [0.3, 0.4) is 0 Å². The molecule has 8 heteroatoms. The van der Waals surface area contributed by atoms with E-state index < -0.39 is 11.9 Å². The van der Waals surface area contributed by atoms with Gasteiger partial charge in [0.25, 0.3) is 0 Å². The molecule has 37 heavy (non-hydrogen) atoms. The van der Waals surface area contributed by atoms with Gasteiger partial charge in [0.15, 0.2) is 11.5 Å². The average Bonchev–Trinajstić information content (AvgIpc) is 3.48. The monoisotopic (exact) mass is 503 g/mol. The van der Waals surface area contributed by atoms with E-state index in [1.165, 1.54) is 45.5 Å². The number of anilines is 1. The lowest BCUT2D eigenvalue weighted by Gasteiger charge is -2.24. The fourth-order valence-electron chi connectivity index (χ4n) is 5.33. The van der Waals surface area contributed by atoms with E-state index in [0.717, 1.165) is 36.7 Å². The molecule has 0 amide bonds. The molecule has 0 atom stereocenters. The van der Waals surface area contributed by atoms with Gasteiger partial charge in [-0.2, -0.15) is 13.2 Å². The molecule has 6 rings (SSSR count). The van der Waals surface area contributed by atoms with E-state index in [4.69, 9.17) is 4.98 Å². The predicted molar refractivity (Wildman–Crippen MR) is 137 cm³/mol. The number of aromatic nitrogens is 4. The maximum Gasteiger partial charge on any atom is 0.434 e. The van der Waals surface area contributed by atoms with Gasteiger partial charge in [-0.1, -0.05) is 30.3 Å². The highest BCUT2D eigenvalue weighted by Gasteiger charge is 2.34. The topological polar surface area (TPSA) is 46.8 Å². The predicted octanol–water partition coefficient (Wildman–Crippen LogP) is 6.57. The summed E-state index contributed by atoms with van der Waals surface area (Å²) in [5, 5.41) is 0. The number of fused-ring (bicyclic) bond motifs is 1. The summed E-state index contributed by atoms with van der Waals surface area (Å²) in [4.78, 5) is 15.5. The summed E-state index contributed by atoms with van der Waals surface area (Å²) in [5.74, 6) is 0.834. The molecule has 4 aromatic rings. The van der Waals surface area contributed by atoms with Crippen molar-refractivity contribution in [3.8, 4) is 22.8 Å². The third-order valence-electron chi connectivity index (χ3n) is 7.33. The number of benzene rings is 1. The minimum Gasteiger partial charge on any atom is -0.370 e. The van der Waals surface area contributed by atoms with Crippen molar-refractivity contribution in [2.24, 2.45) is 7.05 Å². The quantitative estimate of drug-likeness (QED) is 0.299.